The Morgan fingerprint density at radius 1 is 1.17 bits per heavy atom. The molecule has 18 heavy (non-hydrogen) atoms. The lowest BCUT2D eigenvalue weighted by molar-refractivity contribution is 0.128. The van der Waals surface area contributed by atoms with E-state index >= 15 is 0 Å². The van der Waals surface area contributed by atoms with Crippen LogP contribution >= 0.6 is 0 Å². The summed E-state index contributed by atoms with van der Waals surface area (Å²) in [6.45, 7) is 10.2. The average molecular weight is 251 g/mol. The first-order chi connectivity index (χ1) is 8.36. The maximum atomic E-state index is 10.5. The van der Waals surface area contributed by atoms with E-state index in [0.717, 1.165) is 22.4 Å². The number of aryl methyl sites for hydroxylation is 2. The third kappa shape index (κ3) is 3.47. The fourth-order valence-electron chi connectivity index (χ4n) is 2.37. The molecule has 2 N–H and O–H groups in total. The van der Waals surface area contributed by atoms with Gasteiger partial charge in [-0.1, -0.05) is 25.5 Å². The number of benzene rings is 1. The van der Waals surface area contributed by atoms with Crippen LogP contribution in [-0.2, 0) is 0 Å². The molecule has 0 aromatic heterocycles. The minimum atomic E-state index is -0.569. The van der Waals surface area contributed by atoms with E-state index in [1.54, 1.807) is 7.11 Å². The summed E-state index contributed by atoms with van der Waals surface area (Å²) < 4.78 is 5.42. The van der Waals surface area contributed by atoms with Gasteiger partial charge in [0, 0.05) is 17.6 Å². The molecule has 0 spiro atoms. The Bertz CT molecular complexity index is 402. The van der Waals surface area contributed by atoms with Gasteiger partial charge in [0.2, 0.25) is 0 Å². The molecule has 0 saturated heterocycles. The highest BCUT2D eigenvalue weighted by Crippen LogP contribution is 2.31. The number of hydrogen-bond acceptors (Lipinski definition) is 3. The molecule has 102 valence electrons. The predicted octanol–water partition coefficient (Wildman–Crippen LogP) is 2.73. The number of aliphatic hydroxyl groups is 1. The van der Waals surface area contributed by atoms with Crippen LogP contribution in [0.5, 0.6) is 5.75 Å². The third-order valence-electron chi connectivity index (χ3n) is 3.04. The summed E-state index contributed by atoms with van der Waals surface area (Å²) >= 11 is 0. The van der Waals surface area contributed by atoms with Crippen LogP contribution in [0.2, 0.25) is 0 Å². The SMILES string of the molecule is COc1c(C)cc(C)cc1C(O)C(C)NC(C)C. The van der Waals surface area contributed by atoms with Crippen molar-refractivity contribution in [3.8, 4) is 5.75 Å². The fourth-order valence-corrected chi connectivity index (χ4v) is 2.37. The minimum Gasteiger partial charge on any atom is -0.496 e. The van der Waals surface area contributed by atoms with Crippen LogP contribution in [0.1, 0.15) is 43.6 Å². The number of aliphatic hydroxyl groups excluding tert-OH is 1. The molecule has 2 unspecified atom stereocenters. The summed E-state index contributed by atoms with van der Waals surface area (Å²) in [5, 5.41) is 13.8. The van der Waals surface area contributed by atoms with Gasteiger partial charge in [-0.05, 0) is 32.4 Å². The van der Waals surface area contributed by atoms with Crippen LogP contribution in [-0.4, -0.2) is 24.3 Å². The monoisotopic (exact) mass is 251 g/mol. The predicted molar refractivity (Wildman–Crippen MR) is 75.2 cm³/mol. The summed E-state index contributed by atoms with van der Waals surface area (Å²) in [5.41, 5.74) is 3.05. The van der Waals surface area contributed by atoms with E-state index in [-0.39, 0.29) is 6.04 Å². The molecule has 0 aliphatic heterocycles. The molecule has 1 aromatic rings. The second-order valence-electron chi connectivity index (χ2n) is 5.26. The fraction of sp³-hybridized carbons (Fsp3) is 0.600. The molecule has 2 atom stereocenters. The molecule has 0 aliphatic carbocycles. The summed E-state index contributed by atoms with van der Waals surface area (Å²) in [5.74, 6) is 0.783. The van der Waals surface area contributed by atoms with Crippen molar-refractivity contribution in [3.05, 3.63) is 28.8 Å². The van der Waals surface area contributed by atoms with Crippen molar-refractivity contribution in [3.63, 3.8) is 0 Å². The number of rotatable bonds is 5. The van der Waals surface area contributed by atoms with Gasteiger partial charge in [-0.15, -0.1) is 0 Å². The first kappa shape index (κ1) is 15.0. The molecule has 0 bridgehead atoms. The highest BCUT2D eigenvalue weighted by molar-refractivity contribution is 5.45. The van der Waals surface area contributed by atoms with Crippen LogP contribution < -0.4 is 10.1 Å². The van der Waals surface area contributed by atoms with Crippen LogP contribution in [0.25, 0.3) is 0 Å². The molecule has 0 aliphatic rings. The minimum absolute atomic E-state index is 0.0138. The van der Waals surface area contributed by atoms with Gasteiger partial charge in [0.15, 0.2) is 0 Å². The summed E-state index contributed by atoms with van der Waals surface area (Å²) in [7, 11) is 1.65. The molecule has 0 fully saturated rings. The highest BCUT2D eigenvalue weighted by Gasteiger charge is 2.21. The van der Waals surface area contributed by atoms with E-state index in [0.29, 0.717) is 6.04 Å². The largest absolute Gasteiger partial charge is 0.496 e. The zero-order valence-corrected chi connectivity index (χ0v) is 12.2. The van der Waals surface area contributed by atoms with Crippen molar-refractivity contribution >= 4 is 0 Å². The molecule has 1 aromatic carbocycles. The average Bonchev–Trinajstić information content (AvgIpc) is 2.26. The van der Waals surface area contributed by atoms with Crippen molar-refractivity contribution in [2.45, 2.75) is 52.8 Å². The smallest absolute Gasteiger partial charge is 0.127 e. The Morgan fingerprint density at radius 3 is 2.28 bits per heavy atom. The highest BCUT2D eigenvalue weighted by atomic mass is 16.5. The van der Waals surface area contributed by atoms with Crippen molar-refractivity contribution in [2.24, 2.45) is 0 Å². The first-order valence-electron chi connectivity index (χ1n) is 6.46. The Morgan fingerprint density at radius 2 is 1.78 bits per heavy atom. The van der Waals surface area contributed by atoms with E-state index in [1.165, 1.54) is 0 Å². The number of nitrogens with one attached hydrogen (secondary N) is 1. The van der Waals surface area contributed by atoms with Crippen molar-refractivity contribution in [2.75, 3.05) is 7.11 Å². The van der Waals surface area contributed by atoms with Gasteiger partial charge in [-0.2, -0.15) is 0 Å². The van der Waals surface area contributed by atoms with Crippen LogP contribution in [0.4, 0.5) is 0 Å². The zero-order chi connectivity index (χ0) is 13.9. The van der Waals surface area contributed by atoms with Crippen LogP contribution in [0.3, 0.4) is 0 Å². The third-order valence-corrected chi connectivity index (χ3v) is 3.04. The van der Waals surface area contributed by atoms with Gasteiger partial charge >= 0.3 is 0 Å². The molecule has 1 rings (SSSR count). The van der Waals surface area contributed by atoms with Gasteiger partial charge in [-0.25, -0.2) is 0 Å². The maximum absolute atomic E-state index is 10.5. The van der Waals surface area contributed by atoms with Gasteiger partial charge < -0.3 is 15.2 Å². The van der Waals surface area contributed by atoms with Crippen molar-refractivity contribution < 1.29 is 9.84 Å². The Labute approximate surface area is 110 Å². The molecule has 3 heteroatoms. The number of ether oxygens (including phenoxy) is 1. The number of methoxy groups -OCH3 is 1. The lowest BCUT2D eigenvalue weighted by atomic mass is 9.97. The van der Waals surface area contributed by atoms with Crippen molar-refractivity contribution in [1.82, 2.24) is 5.32 Å². The Kier molecular flexibility index (Phi) is 5.17. The molecule has 3 nitrogen and oxygen atoms in total. The van der Waals surface area contributed by atoms with Gasteiger partial charge in [0.25, 0.3) is 0 Å². The van der Waals surface area contributed by atoms with Crippen LogP contribution in [0.15, 0.2) is 12.1 Å². The molecule has 0 heterocycles. The normalized spacial score (nSPS) is 14.7. The second kappa shape index (κ2) is 6.21. The summed E-state index contributed by atoms with van der Waals surface area (Å²) in [6.07, 6.45) is -0.569. The van der Waals surface area contributed by atoms with Gasteiger partial charge in [0.1, 0.15) is 5.75 Å². The molecular weight excluding hydrogens is 226 g/mol. The van der Waals surface area contributed by atoms with E-state index in [9.17, 15) is 5.11 Å². The molecule has 0 saturated carbocycles. The summed E-state index contributed by atoms with van der Waals surface area (Å²) in [4.78, 5) is 0. The van der Waals surface area contributed by atoms with Gasteiger partial charge in [-0.3, -0.25) is 0 Å². The zero-order valence-electron chi connectivity index (χ0n) is 12.2. The van der Waals surface area contributed by atoms with E-state index < -0.39 is 6.10 Å². The molecular formula is C15H25NO2. The Hall–Kier alpha value is -1.06. The standard InChI is InChI=1S/C15H25NO2/c1-9(2)16-12(5)14(17)13-8-10(3)7-11(4)15(13)18-6/h7-9,12,14,16-17H,1-6H3. The lowest BCUT2D eigenvalue weighted by Gasteiger charge is -2.25. The van der Waals surface area contributed by atoms with Gasteiger partial charge in [0.05, 0.1) is 13.2 Å². The van der Waals surface area contributed by atoms with Crippen LogP contribution in [0, 0.1) is 13.8 Å². The Balaban J connectivity index is 3.07. The molecule has 0 radical (unpaired) electrons. The second-order valence-corrected chi connectivity index (χ2v) is 5.26. The quantitative estimate of drug-likeness (QED) is 0.845. The van der Waals surface area contributed by atoms with E-state index in [2.05, 4.69) is 25.2 Å². The molecule has 0 amide bonds. The van der Waals surface area contributed by atoms with E-state index in [4.69, 9.17) is 4.74 Å². The van der Waals surface area contributed by atoms with Crippen molar-refractivity contribution in [1.29, 1.82) is 0 Å². The number of hydrogen-bond donors (Lipinski definition) is 2. The maximum Gasteiger partial charge on any atom is 0.127 e. The van der Waals surface area contributed by atoms with E-state index in [1.807, 2.05) is 26.8 Å². The summed E-state index contributed by atoms with van der Waals surface area (Å²) in [6, 6.07) is 4.39. The lowest BCUT2D eigenvalue weighted by Crippen LogP contribution is -2.37. The topological polar surface area (TPSA) is 41.5 Å². The first-order valence-corrected chi connectivity index (χ1v) is 6.46.